The predicted molar refractivity (Wildman–Crippen MR) is 68.3 cm³/mol. The molecule has 0 bridgehead atoms. The van der Waals surface area contributed by atoms with Crippen LogP contribution in [0.15, 0.2) is 36.5 Å². The summed E-state index contributed by atoms with van der Waals surface area (Å²) in [4.78, 5) is 4.52. The molecule has 0 aliphatic carbocycles. The molecule has 4 heteroatoms. The molecule has 0 saturated heterocycles. The number of nitrogens with zero attached hydrogens (tertiary/aromatic N) is 2. The van der Waals surface area contributed by atoms with Crippen LogP contribution in [0.25, 0.3) is 16.6 Å². The molecule has 2 aromatic heterocycles. The molecule has 3 rings (SSSR count). The summed E-state index contributed by atoms with van der Waals surface area (Å²) in [5.41, 5.74) is 2.95. The molecule has 0 spiro atoms. The molecular formula is C13H10ClN3. The van der Waals surface area contributed by atoms with Crippen molar-refractivity contribution in [3.8, 4) is 0 Å². The molecule has 0 aliphatic rings. The molecular weight excluding hydrogens is 234 g/mol. The third-order valence-electron chi connectivity index (χ3n) is 2.83. The maximum Gasteiger partial charge on any atom is 0.140 e. The SMILES string of the molecule is Cc1cc(Cl)cc2nc3ccccn3c(=N)c12. The molecule has 84 valence electrons. The zero-order valence-corrected chi connectivity index (χ0v) is 9.99. The van der Waals surface area contributed by atoms with E-state index in [1.54, 1.807) is 10.5 Å². The molecule has 2 heterocycles. The minimum Gasteiger partial charge on any atom is -0.286 e. The topological polar surface area (TPSA) is 41.2 Å². The van der Waals surface area contributed by atoms with Crippen molar-refractivity contribution in [2.24, 2.45) is 0 Å². The second-order valence-corrected chi connectivity index (χ2v) is 4.44. The van der Waals surface area contributed by atoms with Crippen LogP contribution < -0.4 is 5.49 Å². The highest BCUT2D eigenvalue weighted by atomic mass is 35.5. The monoisotopic (exact) mass is 243 g/mol. The average Bonchev–Trinajstić information content (AvgIpc) is 2.28. The zero-order valence-electron chi connectivity index (χ0n) is 9.24. The first-order chi connectivity index (χ1) is 8.16. The molecule has 1 N–H and O–H groups in total. The average molecular weight is 244 g/mol. The third kappa shape index (κ3) is 1.51. The Morgan fingerprint density at radius 2 is 2.12 bits per heavy atom. The number of nitrogens with one attached hydrogen (secondary N) is 1. The smallest absolute Gasteiger partial charge is 0.140 e. The summed E-state index contributed by atoms with van der Waals surface area (Å²) in [6.45, 7) is 1.95. The fourth-order valence-corrected chi connectivity index (χ4v) is 2.35. The van der Waals surface area contributed by atoms with Crippen LogP contribution in [0.3, 0.4) is 0 Å². The van der Waals surface area contributed by atoms with Gasteiger partial charge in [0, 0.05) is 16.6 Å². The minimum absolute atomic E-state index is 0.444. The normalized spacial score (nSPS) is 11.2. The Balaban J connectivity index is 2.64. The van der Waals surface area contributed by atoms with E-state index in [0.29, 0.717) is 10.5 Å². The summed E-state index contributed by atoms with van der Waals surface area (Å²) in [5.74, 6) is 0. The van der Waals surface area contributed by atoms with E-state index < -0.39 is 0 Å². The number of hydrogen-bond acceptors (Lipinski definition) is 2. The maximum atomic E-state index is 8.22. The van der Waals surface area contributed by atoms with Crippen LogP contribution in [0, 0.1) is 12.3 Å². The Morgan fingerprint density at radius 1 is 1.29 bits per heavy atom. The van der Waals surface area contributed by atoms with Crippen LogP contribution >= 0.6 is 11.6 Å². The van der Waals surface area contributed by atoms with E-state index in [4.69, 9.17) is 17.0 Å². The van der Waals surface area contributed by atoms with E-state index >= 15 is 0 Å². The van der Waals surface area contributed by atoms with Gasteiger partial charge in [-0.25, -0.2) is 4.98 Å². The summed E-state index contributed by atoms with van der Waals surface area (Å²) in [7, 11) is 0. The second-order valence-electron chi connectivity index (χ2n) is 4.01. The van der Waals surface area contributed by atoms with Crippen molar-refractivity contribution in [1.82, 2.24) is 9.38 Å². The molecule has 3 aromatic rings. The highest BCUT2D eigenvalue weighted by Crippen LogP contribution is 2.19. The van der Waals surface area contributed by atoms with E-state index in [-0.39, 0.29) is 0 Å². The molecule has 0 radical (unpaired) electrons. The van der Waals surface area contributed by atoms with E-state index in [1.807, 2.05) is 37.4 Å². The summed E-state index contributed by atoms with van der Waals surface area (Å²) in [6.07, 6.45) is 1.85. The van der Waals surface area contributed by atoms with Gasteiger partial charge in [0.1, 0.15) is 11.1 Å². The minimum atomic E-state index is 0.444. The zero-order chi connectivity index (χ0) is 12.0. The quantitative estimate of drug-likeness (QED) is 0.606. The van der Waals surface area contributed by atoms with Gasteiger partial charge < -0.3 is 0 Å². The lowest BCUT2D eigenvalue weighted by Crippen LogP contribution is -2.16. The summed E-state index contributed by atoms with van der Waals surface area (Å²) in [5, 5.41) is 9.72. The van der Waals surface area contributed by atoms with Gasteiger partial charge in [0.2, 0.25) is 0 Å². The fraction of sp³-hybridized carbons (Fsp3) is 0.0769. The number of hydrogen-bond donors (Lipinski definition) is 1. The number of aryl methyl sites for hydroxylation is 1. The predicted octanol–water partition coefficient (Wildman–Crippen LogP) is 2.93. The van der Waals surface area contributed by atoms with Gasteiger partial charge in [-0.2, -0.15) is 0 Å². The van der Waals surface area contributed by atoms with Gasteiger partial charge in [0.25, 0.3) is 0 Å². The first-order valence-electron chi connectivity index (χ1n) is 5.28. The van der Waals surface area contributed by atoms with Gasteiger partial charge in [-0.05, 0) is 36.8 Å². The van der Waals surface area contributed by atoms with Gasteiger partial charge in [-0.3, -0.25) is 9.81 Å². The maximum absolute atomic E-state index is 8.22. The number of fused-ring (bicyclic) bond motifs is 2. The second kappa shape index (κ2) is 3.57. The molecule has 0 unspecified atom stereocenters. The lowest BCUT2D eigenvalue weighted by molar-refractivity contribution is 1.000. The number of halogens is 1. The van der Waals surface area contributed by atoms with Crippen molar-refractivity contribution in [1.29, 1.82) is 5.41 Å². The van der Waals surface area contributed by atoms with Crippen LogP contribution in [0.2, 0.25) is 5.02 Å². The van der Waals surface area contributed by atoms with Crippen molar-refractivity contribution in [2.75, 3.05) is 0 Å². The van der Waals surface area contributed by atoms with Gasteiger partial charge in [-0.15, -0.1) is 0 Å². The lowest BCUT2D eigenvalue weighted by atomic mass is 10.1. The van der Waals surface area contributed by atoms with Crippen LogP contribution in [0.4, 0.5) is 0 Å². The van der Waals surface area contributed by atoms with Gasteiger partial charge >= 0.3 is 0 Å². The van der Waals surface area contributed by atoms with Crippen molar-refractivity contribution < 1.29 is 0 Å². The Hall–Kier alpha value is -1.87. The van der Waals surface area contributed by atoms with E-state index in [0.717, 1.165) is 22.1 Å². The lowest BCUT2D eigenvalue weighted by Gasteiger charge is -2.07. The Morgan fingerprint density at radius 3 is 2.94 bits per heavy atom. The van der Waals surface area contributed by atoms with Gasteiger partial charge in [-0.1, -0.05) is 17.7 Å². The van der Waals surface area contributed by atoms with E-state index in [1.165, 1.54) is 0 Å². The number of pyridine rings is 1. The van der Waals surface area contributed by atoms with Crippen molar-refractivity contribution in [3.63, 3.8) is 0 Å². The van der Waals surface area contributed by atoms with Crippen LogP contribution in [0.5, 0.6) is 0 Å². The molecule has 1 aromatic carbocycles. The molecule has 0 aliphatic heterocycles. The number of aromatic nitrogens is 2. The largest absolute Gasteiger partial charge is 0.286 e. The summed E-state index contributed by atoms with van der Waals surface area (Å²) in [6, 6.07) is 9.34. The highest BCUT2D eigenvalue weighted by Gasteiger charge is 2.06. The fourth-order valence-electron chi connectivity index (χ4n) is 2.08. The Kier molecular flexibility index (Phi) is 2.16. The van der Waals surface area contributed by atoms with Crippen LogP contribution in [-0.2, 0) is 0 Å². The number of rotatable bonds is 0. The van der Waals surface area contributed by atoms with Gasteiger partial charge in [0.05, 0.1) is 5.52 Å². The van der Waals surface area contributed by atoms with E-state index in [9.17, 15) is 0 Å². The molecule has 0 saturated carbocycles. The van der Waals surface area contributed by atoms with E-state index in [2.05, 4.69) is 4.98 Å². The highest BCUT2D eigenvalue weighted by molar-refractivity contribution is 6.31. The van der Waals surface area contributed by atoms with Crippen LogP contribution in [0.1, 0.15) is 5.56 Å². The van der Waals surface area contributed by atoms with Crippen molar-refractivity contribution in [3.05, 3.63) is 52.6 Å². The molecule has 17 heavy (non-hydrogen) atoms. The summed E-state index contributed by atoms with van der Waals surface area (Å²) >= 11 is 6.02. The van der Waals surface area contributed by atoms with Crippen LogP contribution in [-0.4, -0.2) is 9.38 Å². The Bertz CT molecular complexity index is 790. The van der Waals surface area contributed by atoms with Gasteiger partial charge in [0.15, 0.2) is 0 Å². The number of benzene rings is 1. The molecule has 0 amide bonds. The summed E-state index contributed by atoms with van der Waals surface area (Å²) < 4.78 is 1.77. The molecule has 0 fully saturated rings. The standard InChI is InChI=1S/C13H10ClN3/c1-8-6-9(14)7-10-12(8)13(15)17-5-3-2-4-11(17)16-10/h2-7,15H,1H3. The Labute approximate surface area is 103 Å². The van der Waals surface area contributed by atoms with Crippen molar-refractivity contribution in [2.45, 2.75) is 6.92 Å². The molecule has 3 nitrogen and oxygen atoms in total. The van der Waals surface area contributed by atoms with Crippen molar-refractivity contribution >= 4 is 28.2 Å². The first-order valence-corrected chi connectivity index (χ1v) is 5.66. The first kappa shape index (κ1) is 10.3. The molecule has 0 atom stereocenters. The third-order valence-corrected chi connectivity index (χ3v) is 3.05.